The highest BCUT2D eigenvalue weighted by molar-refractivity contribution is 5.78. The number of hydrogen-bond donors (Lipinski definition) is 0. The molecule has 1 aliphatic carbocycles. The third-order valence-corrected chi connectivity index (χ3v) is 6.73. The molecule has 3 rings (SSSR count). The molecule has 1 aliphatic rings. The Morgan fingerprint density at radius 2 is 1.69 bits per heavy atom. The van der Waals surface area contributed by atoms with Gasteiger partial charge in [-0.25, -0.2) is 9.37 Å². The van der Waals surface area contributed by atoms with Crippen LogP contribution in [0.1, 0.15) is 68.3 Å². The van der Waals surface area contributed by atoms with Crippen LogP contribution in [-0.4, -0.2) is 27.7 Å². The van der Waals surface area contributed by atoms with Crippen molar-refractivity contribution >= 4 is 5.78 Å². The number of aryl methyl sites for hydroxylation is 1. The molecule has 0 radical (unpaired) electrons. The van der Waals surface area contributed by atoms with E-state index in [9.17, 15) is 40.3 Å². The summed E-state index contributed by atoms with van der Waals surface area (Å²) in [7, 11) is 0. The number of ketones is 1. The van der Waals surface area contributed by atoms with Gasteiger partial charge in [0.05, 0.1) is 18.1 Å². The Morgan fingerprint density at radius 3 is 2.19 bits per heavy atom. The third kappa shape index (κ3) is 6.53. The number of rotatable bonds is 10. The molecule has 1 fully saturated rings. The lowest BCUT2D eigenvalue weighted by Gasteiger charge is -2.35. The van der Waals surface area contributed by atoms with Crippen molar-refractivity contribution < 1.29 is 35.5 Å². The van der Waals surface area contributed by atoms with E-state index in [1.807, 2.05) is 0 Å². The van der Waals surface area contributed by atoms with Crippen LogP contribution < -0.4 is 5.56 Å². The Hall–Kier alpha value is -2.72. The van der Waals surface area contributed by atoms with Crippen molar-refractivity contribution in [2.45, 2.75) is 76.7 Å². The second-order valence-corrected chi connectivity index (χ2v) is 9.16. The molecule has 1 saturated carbocycles. The molecule has 0 N–H and O–H groups in total. The number of nitrogens with zero attached hydrogens (tertiary/aromatic N) is 2. The number of halogens is 7. The molecule has 11 heteroatoms. The van der Waals surface area contributed by atoms with Gasteiger partial charge in [0.1, 0.15) is 11.6 Å². The second kappa shape index (κ2) is 11.1. The molecule has 1 aromatic carbocycles. The van der Waals surface area contributed by atoms with Crippen LogP contribution in [0, 0.1) is 17.7 Å². The number of carbonyl (C=O) groups is 1. The second-order valence-electron chi connectivity index (χ2n) is 9.16. The van der Waals surface area contributed by atoms with E-state index in [-0.39, 0.29) is 35.9 Å². The fraction of sp³-hybridized carbons (Fsp3) is 0.560. The van der Waals surface area contributed by atoms with Gasteiger partial charge in [-0.15, -0.1) is 0 Å². The third-order valence-electron chi connectivity index (χ3n) is 6.73. The van der Waals surface area contributed by atoms with Gasteiger partial charge in [-0.2, -0.15) is 26.3 Å². The maximum absolute atomic E-state index is 13.5. The first-order valence-electron chi connectivity index (χ1n) is 11.8. The summed E-state index contributed by atoms with van der Waals surface area (Å²) >= 11 is 0. The van der Waals surface area contributed by atoms with Crippen LogP contribution in [0.4, 0.5) is 30.7 Å². The van der Waals surface area contributed by atoms with E-state index in [0.29, 0.717) is 12.1 Å². The summed E-state index contributed by atoms with van der Waals surface area (Å²) in [6.45, 7) is 1.77. The molecular formula is C25H27F7N2O2. The average molecular weight is 520 g/mol. The topological polar surface area (TPSA) is 52.0 Å². The number of aromatic nitrogens is 2. The molecule has 1 aromatic heterocycles. The van der Waals surface area contributed by atoms with Crippen LogP contribution in [0.25, 0.3) is 0 Å². The minimum Gasteiger partial charge on any atom is -0.300 e. The van der Waals surface area contributed by atoms with Gasteiger partial charge >= 0.3 is 12.4 Å². The minimum atomic E-state index is -5.57. The lowest BCUT2D eigenvalue weighted by Crippen LogP contribution is -2.38. The van der Waals surface area contributed by atoms with E-state index in [1.54, 1.807) is 19.1 Å². The van der Waals surface area contributed by atoms with Gasteiger partial charge in [0.2, 0.25) is 0 Å². The van der Waals surface area contributed by atoms with Crippen molar-refractivity contribution in [3.8, 4) is 0 Å². The highest BCUT2D eigenvalue weighted by Gasteiger charge is 2.56. The molecule has 1 unspecified atom stereocenters. The molecular weight excluding hydrogens is 493 g/mol. The fourth-order valence-electron chi connectivity index (χ4n) is 4.58. The minimum absolute atomic E-state index is 0.00884. The van der Waals surface area contributed by atoms with Gasteiger partial charge in [-0.1, -0.05) is 25.5 Å². The van der Waals surface area contributed by atoms with Crippen LogP contribution in [0.15, 0.2) is 35.4 Å². The molecule has 36 heavy (non-hydrogen) atoms. The predicted molar refractivity (Wildman–Crippen MR) is 118 cm³/mol. The fourth-order valence-corrected chi connectivity index (χ4v) is 4.58. The Balaban J connectivity index is 1.80. The summed E-state index contributed by atoms with van der Waals surface area (Å²) in [5.74, 6) is -5.16. The largest absolute Gasteiger partial charge is 0.400 e. The van der Waals surface area contributed by atoms with Gasteiger partial charge in [0.15, 0.2) is 5.92 Å². The van der Waals surface area contributed by atoms with Crippen molar-refractivity contribution in [1.29, 1.82) is 0 Å². The maximum atomic E-state index is 13.5. The monoisotopic (exact) mass is 520 g/mol. The summed E-state index contributed by atoms with van der Waals surface area (Å²) in [6.07, 6.45) is -8.90. The van der Waals surface area contributed by atoms with E-state index in [4.69, 9.17) is 0 Å². The van der Waals surface area contributed by atoms with Crippen molar-refractivity contribution in [3.05, 3.63) is 63.6 Å². The number of alkyl halides is 6. The van der Waals surface area contributed by atoms with Gasteiger partial charge in [-0.05, 0) is 55.7 Å². The molecule has 0 bridgehead atoms. The predicted octanol–water partition coefficient (Wildman–Crippen LogP) is 6.36. The Bertz CT molecular complexity index is 1090. The molecule has 1 heterocycles. The first-order chi connectivity index (χ1) is 16.8. The maximum Gasteiger partial charge on any atom is 0.400 e. The highest BCUT2D eigenvalue weighted by Crippen LogP contribution is 2.42. The Kier molecular flexibility index (Phi) is 8.61. The number of benzene rings is 1. The average Bonchev–Trinajstić information content (AvgIpc) is 2.75. The molecule has 4 nitrogen and oxygen atoms in total. The van der Waals surface area contributed by atoms with E-state index in [0.717, 1.165) is 24.8 Å². The molecule has 2 aromatic rings. The standard InChI is InChI=1S/C25H27F7N2O2/c1-2-20-19(8-4-7-18(35)13-21(24(27,28)29)25(30,31)32)23(36)34(14-33-20)22(15-5-3-6-15)16-9-11-17(26)12-10-16/h9-12,14-15,21-22H,2-8,13H2,1H3. The SMILES string of the molecule is CCc1ncn(C(c2ccc(F)cc2)C2CCC2)c(=O)c1CCCC(=O)CC(C(F)(F)F)C(F)(F)F. The molecule has 0 spiro atoms. The zero-order valence-electron chi connectivity index (χ0n) is 19.6. The van der Waals surface area contributed by atoms with Crippen molar-refractivity contribution in [3.63, 3.8) is 0 Å². The zero-order chi connectivity index (χ0) is 26.7. The van der Waals surface area contributed by atoms with Crippen molar-refractivity contribution in [1.82, 2.24) is 9.55 Å². The summed E-state index contributed by atoms with van der Waals surface area (Å²) in [4.78, 5) is 29.8. The van der Waals surface area contributed by atoms with Gasteiger partial charge in [0, 0.05) is 18.4 Å². The quantitative estimate of drug-likeness (QED) is 0.343. The van der Waals surface area contributed by atoms with E-state index >= 15 is 0 Å². The Labute approximate surface area is 203 Å². The first-order valence-corrected chi connectivity index (χ1v) is 11.8. The molecule has 1 atom stereocenters. The van der Waals surface area contributed by atoms with Crippen molar-refractivity contribution in [2.24, 2.45) is 11.8 Å². The Morgan fingerprint density at radius 1 is 1.08 bits per heavy atom. The highest BCUT2D eigenvalue weighted by atomic mass is 19.4. The van der Waals surface area contributed by atoms with E-state index in [2.05, 4.69) is 4.98 Å². The summed E-state index contributed by atoms with van der Waals surface area (Å²) in [5.41, 5.74) is 1.10. The summed E-state index contributed by atoms with van der Waals surface area (Å²) in [6, 6.07) is 5.44. The van der Waals surface area contributed by atoms with Crippen molar-refractivity contribution in [2.75, 3.05) is 0 Å². The molecule has 198 valence electrons. The number of Topliss-reactive ketones (excluding diaryl/α,β-unsaturated/α-hetero) is 1. The molecule has 0 saturated heterocycles. The van der Waals surface area contributed by atoms with Crippen LogP contribution in [0.5, 0.6) is 0 Å². The van der Waals surface area contributed by atoms with Gasteiger partial charge in [0.25, 0.3) is 5.56 Å². The van der Waals surface area contributed by atoms with Gasteiger partial charge in [-0.3, -0.25) is 14.2 Å². The van der Waals surface area contributed by atoms with E-state index < -0.39 is 42.7 Å². The smallest absolute Gasteiger partial charge is 0.300 e. The first kappa shape index (κ1) is 27.9. The normalized spacial score (nSPS) is 15.7. The van der Waals surface area contributed by atoms with E-state index in [1.165, 1.54) is 23.0 Å². The van der Waals surface area contributed by atoms with Crippen LogP contribution in [0.3, 0.4) is 0 Å². The van der Waals surface area contributed by atoms with Crippen LogP contribution in [-0.2, 0) is 17.6 Å². The van der Waals surface area contributed by atoms with Crippen LogP contribution in [0.2, 0.25) is 0 Å². The summed E-state index contributed by atoms with van der Waals surface area (Å²) < 4.78 is 91.4. The molecule has 0 amide bonds. The number of carbonyl (C=O) groups excluding carboxylic acids is 1. The lowest BCUT2D eigenvalue weighted by molar-refractivity contribution is -0.284. The molecule has 0 aliphatic heterocycles. The van der Waals surface area contributed by atoms with Gasteiger partial charge < -0.3 is 0 Å². The zero-order valence-corrected chi connectivity index (χ0v) is 19.6. The summed E-state index contributed by atoms with van der Waals surface area (Å²) in [5, 5.41) is 0. The number of hydrogen-bond acceptors (Lipinski definition) is 3. The van der Waals surface area contributed by atoms with Crippen LogP contribution >= 0.6 is 0 Å². The lowest BCUT2D eigenvalue weighted by atomic mass is 9.77.